The molecule has 10 aliphatic carbocycles. The van der Waals surface area contributed by atoms with Gasteiger partial charge in [0.25, 0.3) is 0 Å². The van der Waals surface area contributed by atoms with E-state index in [1.54, 1.807) is 0 Å². The van der Waals surface area contributed by atoms with E-state index in [2.05, 4.69) is 10.6 Å². The fraction of sp³-hybridized carbons (Fsp3) is 0.931. The first kappa shape index (κ1) is 20.2. The van der Waals surface area contributed by atoms with Crippen LogP contribution in [0.1, 0.15) is 96.3 Å². The van der Waals surface area contributed by atoms with Crippen LogP contribution in [0.25, 0.3) is 0 Å². The molecule has 4 atom stereocenters. The van der Waals surface area contributed by atoms with E-state index < -0.39 is 0 Å². The van der Waals surface area contributed by atoms with Gasteiger partial charge >= 0.3 is 0 Å². The van der Waals surface area contributed by atoms with Crippen LogP contribution in [0, 0.1) is 58.2 Å². The van der Waals surface area contributed by atoms with Gasteiger partial charge < -0.3 is 10.6 Å². The summed E-state index contributed by atoms with van der Waals surface area (Å²) in [6, 6.07) is 0.728. The van der Waals surface area contributed by atoms with Gasteiger partial charge in [-0.3, -0.25) is 9.59 Å². The van der Waals surface area contributed by atoms with Crippen molar-refractivity contribution in [3.05, 3.63) is 0 Å². The highest BCUT2D eigenvalue weighted by Gasteiger charge is 2.58. The molecular formula is C29H42N2O2. The minimum Gasteiger partial charge on any atom is -0.353 e. The topological polar surface area (TPSA) is 58.2 Å². The highest BCUT2D eigenvalue weighted by molar-refractivity contribution is 5.84. The lowest BCUT2D eigenvalue weighted by Crippen LogP contribution is -2.57. The smallest absolute Gasteiger partial charge is 0.226 e. The fourth-order valence-electron chi connectivity index (χ4n) is 12.0. The quantitative estimate of drug-likeness (QED) is 0.645. The third-order valence-corrected chi connectivity index (χ3v) is 12.5. The molecule has 0 heterocycles. The van der Waals surface area contributed by atoms with Crippen molar-refractivity contribution in [2.75, 3.05) is 0 Å². The molecular weight excluding hydrogens is 408 g/mol. The predicted octanol–water partition coefficient (Wildman–Crippen LogP) is 4.82. The largest absolute Gasteiger partial charge is 0.353 e. The van der Waals surface area contributed by atoms with Crippen LogP contribution >= 0.6 is 0 Å². The molecule has 0 aromatic rings. The molecule has 2 N–H and O–H groups in total. The standard InChI is InChI=1S/C29H42N2O2/c32-26(28-10-16-1-17(11-28)3-18(2-16)12-28)30-24-8-23-7-22(24)9-25(23)31-27(33)29-13-19-4-20(14-29)6-21(5-19)15-29/h16-25H,1-15H2,(H,30,32)(H,31,33). The van der Waals surface area contributed by atoms with Gasteiger partial charge in [0.2, 0.25) is 11.8 Å². The van der Waals surface area contributed by atoms with Crippen molar-refractivity contribution < 1.29 is 9.59 Å². The van der Waals surface area contributed by atoms with E-state index in [0.717, 1.165) is 86.9 Å². The molecule has 4 unspecified atom stereocenters. The molecule has 180 valence electrons. The van der Waals surface area contributed by atoms with Crippen LogP contribution in [0.15, 0.2) is 0 Å². The summed E-state index contributed by atoms with van der Waals surface area (Å²) in [5.74, 6) is 6.93. The Balaban J connectivity index is 0.906. The lowest BCUT2D eigenvalue weighted by atomic mass is 9.49. The molecule has 10 bridgehead atoms. The Bertz CT molecular complexity index is 738. The van der Waals surface area contributed by atoms with Crippen LogP contribution in [0.2, 0.25) is 0 Å². The molecule has 0 aromatic carbocycles. The Morgan fingerprint density at radius 2 is 0.758 bits per heavy atom. The van der Waals surface area contributed by atoms with Crippen molar-refractivity contribution in [3.63, 3.8) is 0 Å². The maximum absolute atomic E-state index is 13.6. The molecule has 0 aromatic heterocycles. The van der Waals surface area contributed by atoms with Crippen molar-refractivity contribution in [1.82, 2.24) is 10.6 Å². The van der Waals surface area contributed by atoms with Gasteiger partial charge in [-0.15, -0.1) is 0 Å². The average molecular weight is 451 g/mol. The van der Waals surface area contributed by atoms with E-state index in [9.17, 15) is 9.59 Å². The van der Waals surface area contributed by atoms with Crippen LogP contribution in [0.4, 0.5) is 0 Å². The second kappa shape index (κ2) is 6.78. The first-order valence-corrected chi connectivity index (χ1v) is 14.6. The van der Waals surface area contributed by atoms with Crippen LogP contribution in [0.3, 0.4) is 0 Å². The highest BCUT2D eigenvalue weighted by atomic mass is 16.2. The Hall–Kier alpha value is -1.06. The summed E-state index contributed by atoms with van der Waals surface area (Å²) in [6.07, 6.45) is 18.7. The van der Waals surface area contributed by atoms with Crippen molar-refractivity contribution in [3.8, 4) is 0 Å². The van der Waals surface area contributed by atoms with Crippen molar-refractivity contribution >= 4 is 11.8 Å². The molecule has 10 rings (SSSR count). The SMILES string of the molecule is O=C(NC1CC2CC1CC2NC(=O)C12CC3CC(CC(C3)C1)C2)C12CC3CC(CC(C3)C1)C2. The molecule has 10 fully saturated rings. The molecule has 33 heavy (non-hydrogen) atoms. The minimum atomic E-state index is -0.0251. The van der Waals surface area contributed by atoms with Crippen molar-refractivity contribution in [2.24, 2.45) is 58.2 Å². The fourth-order valence-corrected chi connectivity index (χ4v) is 12.0. The molecule has 4 nitrogen and oxygen atoms in total. The summed E-state index contributed by atoms with van der Waals surface area (Å²) in [6.45, 7) is 0. The normalized spacial score (nSPS) is 57.0. The zero-order chi connectivity index (χ0) is 21.9. The summed E-state index contributed by atoms with van der Waals surface area (Å²) >= 11 is 0. The van der Waals surface area contributed by atoms with Crippen molar-refractivity contribution in [2.45, 2.75) is 108 Å². The second-order valence-electron chi connectivity index (χ2n) is 14.8. The number of hydrogen-bond donors (Lipinski definition) is 2. The Kier molecular flexibility index (Phi) is 4.15. The third kappa shape index (κ3) is 3.00. The molecule has 0 radical (unpaired) electrons. The second-order valence-corrected chi connectivity index (χ2v) is 14.8. The molecule has 0 spiro atoms. The molecule has 0 aliphatic heterocycles. The maximum Gasteiger partial charge on any atom is 0.226 e. The van der Waals surface area contributed by atoms with Crippen molar-refractivity contribution in [1.29, 1.82) is 0 Å². The van der Waals surface area contributed by atoms with Gasteiger partial charge in [0.15, 0.2) is 0 Å². The molecule has 4 heteroatoms. The number of carbonyl (C=O) groups is 2. The van der Waals surface area contributed by atoms with E-state index in [0.29, 0.717) is 35.7 Å². The zero-order valence-electron chi connectivity index (χ0n) is 20.2. The Labute approximate surface area is 198 Å². The number of fused-ring (bicyclic) bond motifs is 2. The van der Waals surface area contributed by atoms with Crippen LogP contribution in [-0.2, 0) is 9.59 Å². The van der Waals surface area contributed by atoms with E-state index >= 15 is 0 Å². The van der Waals surface area contributed by atoms with Gasteiger partial charge in [-0.25, -0.2) is 0 Å². The number of carbonyl (C=O) groups excluding carboxylic acids is 2. The highest BCUT2D eigenvalue weighted by Crippen LogP contribution is 2.61. The molecule has 0 saturated heterocycles. The van der Waals surface area contributed by atoms with E-state index in [-0.39, 0.29) is 10.8 Å². The molecule has 10 saturated carbocycles. The maximum atomic E-state index is 13.6. The van der Waals surface area contributed by atoms with E-state index in [1.807, 2.05) is 0 Å². The van der Waals surface area contributed by atoms with Gasteiger partial charge in [0.05, 0.1) is 0 Å². The summed E-state index contributed by atoms with van der Waals surface area (Å²) in [5.41, 5.74) is -0.0502. The third-order valence-electron chi connectivity index (χ3n) is 12.5. The van der Waals surface area contributed by atoms with Gasteiger partial charge in [-0.1, -0.05) is 0 Å². The van der Waals surface area contributed by atoms with E-state index in [4.69, 9.17) is 0 Å². The van der Waals surface area contributed by atoms with Crippen LogP contribution in [-0.4, -0.2) is 23.9 Å². The molecule has 10 aliphatic rings. The Morgan fingerprint density at radius 3 is 1.03 bits per heavy atom. The summed E-state index contributed by atoms with van der Waals surface area (Å²) < 4.78 is 0. The Morgan fingerprint density at radius 1 is 0.455 bits per heavy atom. The minimum absolute atomic E-state index is 0.0251. The number of nitrogens with one attached hydrogen (secondary N) is 2. The summed E-state index contributed by atoms with van der Waals surface area (Å²) in [7, 11) is 0. The van der Waals surface area contributed by atoms with Gasteiger partial charge in [0.1, 0.15) is 0 Å². The monoisotopic (exact) mass is 450 g/mol. The van der Waals surface area contributed by atoms with E-state index in [1.165, 1.54) is 44.9 Å². The first-order valence-electron chi connectivity index (χ1n) is 14.6. The lowest BCUT2D eigenvalue weighted by molar-refractivity contribution is -0.148. The molecule has 2 amide bonds. The number of rotatable bonds is 4. The summed E-state index contributed by atoms with van der Waals surface area (Å²) in [5, 5.41) is 7.20. The van der Waals surface area contributed by atoms with Gasteiger partial charge in [-0.05, 0) is 144 Å². The zero-order valence-corrected chi connectivity index (χ0v) is 20.2. The van der Waals surface area contributed by atoms with Crippen LogP contribution in [0.5, 0.6) is 0 Å². The van der Waals surface area contributed by atoms with Gasteiger partial charge in [0, 0.05) is 22.9 Å². The van der Waals surface area contributed by atoms with Gasteiger partial charge in [-0.2, -0.15) is 0 Å². The lowest BCUT2D eigenvalue weighted by Gasteiger charge is -2.56. The first-order chi connectivity index (χ1) is 16.0. The summed E-state index contributed by atoms with van der Waals surface area (Å²) in [4.78, 5) is 27.1. The number of hydrogen-bond acceptors (Lipinski definition) is 2. The predicted molar refractivity (Wildman–Crippen MR) is 126 cm³/mol. The number of amides is 2. The average Bonchev–Trinajstić information content (AvgIpc) is 3.32. The van der Waals surface area contributed by atoms with Crippen LogP contribution < -0.4 is 10.6 Å².